The minimum Gasteiger partial charge on any atom is -0.0882 e. The third-order valence-corrected chi connectivity index (χ3v) is 1.71. The minimum absolute atomic E-state index is 1.13. The van der Waals surface area contributed by atoms with Crippen molar-refractivity contribution in [2.75, 3.05) is 0 Å². The molecular formula is C12H15. The number of allylic oxidation sites excluding steroid dienone is 8. The smallest absolute Gasteiger partial charge is 0.0187 e. The van der Waals surface area contributed by atoms with Gasteiger partial charge in [-0.15, -0.1) is 0 Å². The van der Waals surface area contributed by atoms with Crippen molar-refractivity contribution in [1.82, 2.24) is 0 Å². The zero-order valence-electron chi connectivity index (χ0n) is 7.37. The van der Waals surface area contributed by atoms with E-state index < -0.39 is 0 Å². The van der Waals surface area contributed by atoms with Gasteiger partial charge in [-0.05, 0) is 31.8 Å². The molecule has 0 saturated carbocycles. The molecule has 0 heterocycles. The number of hydrogen-bond donors (Lipinski definition) is 0. The summed E-state index contributed by atoms with van der Waals surface area (Å²) in [6.07, 6.45) is 22.5. The van der Waals surface area contributed by atoms with Gasteiger partial charge in [-0.1, -0.05) is 42.5 Å². The SMILES string of the molecule is [C]1=CC=CCCC=CCCC=C1. The van der Waals surface area contributed by atoms with Crippen LogP contribution in [0.1, 0.15) is 25.7 Å². The van der Waals surface area contributed by atoms with Crippen LogP contribution in [0.15, 0.2) is 42.5 Å². The topological polar surface area (TPSA) is 0 Å². The van der Waals surface area contributed by atoms with Gasteiger partial charge in [0.05, 0.1) is 0 Å². The van der Waals surface area contributed by atoms with Crippen molar-refractivity contribution in [3.05, 3.63) is 48.6 Å². The van der Waals surface area contributed by atoms with E-state index in [4.69, 9.17) is 0 Å². The summed E-state index contributed by atoms with van der Waals surface area (Å²) in [5.41, 5.74) is 0. The van der Waals surface area contributed by atoms with Gasteiger partial charge < -0.3 is 0 Å². The van der Waals surface area contributed by atoms with Crippen LogP contribution in [-0.2, 0) is 0 Å². The molecular weight excluding hydrogens is 144 g/mol. The summed E-state index contributed by atoms with van der Waals surface area (Å²) in [4.78, 5) is 0. The molecule has 1 rings (SSSR count). The summed E-state index contributed by atoms with van der Waals surface area (Å²) in [6, 6.07) is 0. The molecule has 0 aromatic rings. The van der Waals surface area contributed by atoms with Gasteiger partial charge in [0.15, 0.2) is 0 Å². The molecule has 0 fully saturated rings. The lowest BCUT2D eigenvalue weighted by Crippen LogP contribution is -1.68. The highest BCUT2D eigenvalue weighted by Gasteiger charge is 1.79. The average Bonchev–Trinajstić information content (AvgIpc) is 2.05. The maximum absolute atomic E-state index is 3.09. The van der Waals surface area contributed by atoms with E-state index in [2.05, 4.69) is 36.5 Å². The van der Waals surface area contributed by atoms with Crippen molar-refractivity contribution in [2.45, 2.75) is 25.7 Å². The van der Waals surface area contributed by atoms with Gasteiger partial charge in [0.25, 0.3) is 0 Å². The minimum atomic E-state index is 1.13. The van der Waals surface area contributed by atoms with E-state index >= 15 is 0 Å². The summed E-state index contributed by atoms with van der Waals surface area (Å²) >= 11 is 0. The fraction of sp³-hybridized carbons (Fsp3) is 0.333. The molecule has 0 N–H and O–H groups in total. The maximum atomic E-state index is 3.09. The number of hydrogen-bond acceptors (Lipinski definition) is 0. The van der Waals surface area contributed by atoms with Crippen LogP contribution in [0.5, 0.6) is 0 Å². The predicted molar refractivity (Wildman–Crippen MR) is 53.7 cm³/mol. The summed E-state index contributed by atoms with van der Waals surface area (Å²) in [7, 11) is 0. The fourth-order valence-electron chi connectivity index (χ4n) is 1.05. The predicted octanol–water partition coefficient (Wildman–Crippen LogP) is 3.59. The van der Waals surface area contributed by atoms with Gasteiger partial charge in [0.1, 0.15) is 0 Å². The third kappa shape index (κ3) is 4.73. The first-order chi connectivity index (χ1) is 6.00. The second-order valence-electron chi connectivity index (χ2n) is 2.79. The molecule has 0 spiro atoms. The molecule has 63 valence electrons. The van der Waals surface area contributed by atoms with Gasteiger partial charge in [-0.3, -0.25) is 0 Å². The Morgan fingerprint density at radius 2 is 1.42 bits per heavy atom. The van der Waals surface area contributed by atoms with E-state index in [1.165, 1.54) is 0 Å². The van der Waals surface area contributed by atoms with Crippen LogP contribution >= 0.6 is 0 Å². The standard InChI is InChI=1S/C12H15/c1-2-4-6-8-10-12-11-9-7-5-3-1/h1-3,7-10H,4,6,11-12H2. The Morgan fingerprint density at radius 3 is 2.25 bits per heavy atom. The molecule has 0 saturated heterocycles. The van der Waals surface area contributed by atoms with E-state index in [-0.39, 0.29) is 0 Å². The molecule has 0 aromatic heterocycles. The largest absolute Gasteiger partial charge is 0.0882 e. The van der Waals surface area contributed by atoms with Crippen molar-refractivity contribution in [3.63, 3.8) is 0 Å². The monoisotopic (exact) mass is 159 g/mol. The van der Waals surface area contributed by atoms with Gasteiger partial charge >= 0.3 is 0 Å². The van der Waals surface area contributed by atoms with E-state index in [1.54, 1.807) is 0 Å². The summed E-state index contributed by atoms with van der Waals surface area (Å²) in [6.45, 7) is 0. The number of rotatable bonds is 0. The zero-order chi connectivity index (χ0) is 8.49. The molecule has 0 amide bonds. The highest BCUT2D eigenvalue weighted by molar-refractivity contribution is 5.06. The van der Waals surface area contributed by atoms with Crippen LogP contribution in [0.4, 0.5) is 0 Å². The van der Waals surface area contributed by atoms with Gasteiger partial charge in [0.2, 0.25) is 0 Å². The molecule has 0 aromatic carbocycles. The molecule has 0 atom stereocenters. The fourth-order valence-corrected chi connectivity index (χ4v) is 1.05. The summed E-state index contributed by atoms with van der Waals surface area (Å²) in [5, 5.41) is 0. The Bertz CT molecular complexity index is 182. The molecule has 12 heavy (non-hydrogen) atoms. The highest BCUT2D eigenvalue weighted by atomic mass is 13.9. The Hall–Kier alpha value is -1.04. The Morgan fingerprint density at radius 1 is 0.750 bits per heavy atom. The first-order valence-corrected chi connectivity index (χ1v) is 4.54. The Labute approximate surface area is 75.0 Å². The molecule has 0 aliphatic heterocycles. The van der Waals surface area contributed by atoms with E-state index in [1.807, 2.05) is 12.2 Å². The van der Waals surface area contributed by atoms with Crippen molar-refractivity contribution in [2.24, 2.45) is 0 Å². The average molecular weight is 159 g/mol. The van der Waals surface area contributed by atoms with Crippen molar-refractivity contribution in [3.8, 4) is 0 Å². The zero-order valence-corrected chi connectivity index (χ0v) is 7.37. The van der Waals surface area contributed by atoms with Gasteiger partial charge in [-0.2, -0.15) is 0 Å². The quantitative estimate of drug-likeness (QED) is 0.474. The molecule has 1 radical (unpaired) electrons. The van der Waals surface area contributed by atoms with E-state index in [9.17, 15) is 0 Å². The molecule has 1 aliphatic rings. The van der Waals surface area contributed by atoms with Crippen molar-refractivity contribution in [1.29, 1.82) is 0 Å². The lowest BCUT2D eigenvalue weighted by molar-refractivity contribution is 1.00. The van der Waals surface area contributed by atoms with Crippen LogP contribution in [0, 0.1) is 6.08 Å². The van der Waals surface area contributed by atoms with Crippen LogP contribution in [0.25, 0.3) is 0 Å². The second-order valence-corrected chi connectivity index (χ2v) is 2.79. The van der Waals surface area contributed by atoms with Crippen molar-refractivity contribution >= 4 is 0 Å². The van der Waals surface area contributed by atoms with Crippen LogP contribution in [0.3, 0.4) is 0 Å². The van der Waals surface area contributed by atoms with Crippen LogP contribution < -0.4 is 0 Å². The van der Waals surface area contributed by atoms with E-state index in [0.717, 1.165) is 25.7 Å². The molecule has 0 bridgehead atoms. The molecule has 0 unspecified atom stereocenters. The van der Waals surface area contributed by atoms with Gasteiger partial charge in [-0.25, -0.2) is 0 Å². The Kier molecular flexibility index (Phi) is 5.02. The molecule has 0 heteroatoms. The lowest BCUT2D eigenvalue weighted by Gasteiger charge is -1.88. The summed E-state index contributed by atoms with van der Waals surface area (Å²) < 4.78 is 0. The third-order valence-electron chi connectivity index (χ3n) is 1.71. The lowest BCUT2D eigenvalue weighted by atomic mass is 10.2. The normalized spacial score (nSPS) is 18.7. The van der Waals surface area contributed by atoms with Crippen LogP contribution in [-0.4, -0.2) is 0 Å². The van der Waals surface area contributed by atoms with E-state index in [0.29, 0.717) is 0 Å². The first-order valence-electron chi connectivity index (χ1n) is 4.54. The van der Waals surface area contributed by atoms with Crippen LogP contribution in [0.2, 0.25) is 0 Å². The highest BCUT2D eigenvalue weighted by Crippen LogP contribution is 1.99. The Balaban J connectivity index is 2.42. The summed E-state index contributed by atoms with van der Waals surface area (Å²) in [5.74, 6) is 0. The maximum Gasteiger partial charge on any atom is -0.0187 e. The van der Waals surface area contributed by atoms with Gasteiger partial charge in [0, 0.05) is 0 Å². The first kappa shape index (κ1) is 9.05. The second kappa shape index (κ2) is 6.66. The van der Waals surface area contributed by atoms with Crippen molar-refractivity contribution < 1.29 is 0 Å². The molecule has 0 nitrogen and oxygen atoms in total. The molecule has 1 aliphatic carbocycles.